The number of aromatic nitrogens is 3. The molecule has 0 aromatic carbocycles. The number of likely N-dealkylation sites (tertiary alicyclic amines) is 1. The molecule has 0 bridgehead atoms. The molecule has 9 nitrogen and oxygen atoms in total. The van der Waals surface area contributed by atoms with Crippen LogP contribution in [-0.4, -0.2) is 75.4 Å². The van der Waals surface area contributed by atoms with E-state index in [-0.39, 0.29) is 30.1 Å². The van der Waals surface area contributed by atoms with Crippen LogP contribution in [0.25, 0.3) is 0 Å². The highest BCUT2D eigenvalue weighted by Gasteiger charge is 2.27. The molecule has 1 aliphatic rings. The molecule has 1 aromatic rings. The van der Waals surface area contributed by atoms with Gasteiger partial charge in [0.25, 0.3) is 0 Å². The zero-order chi connectivity index (χ0) is 21.6. The van der Waals surface area contributed by atoms with E-state index < -0.39 is 5.60 Å². The summed E-state index contributed by atoms with van der Waals surface area (Å²) >= 11 is 0. The Bertz CT molecular complexity index is 706. The van der Waals surface area contributed by atoms with E-state index in [0.29, 0.717) is 19.0 Å². The lowest BCUT2D eigenvalue weighted by molar-refractivity contribution is 0.0214. The van der Waals surface area contributed by atoms with Gasteiger partial charge in [0.2, 0.25) is 0 Å². The minimum Gasteiger partial charge on any atom is -0.444 e. The fourth-order valence-electron chi connectivity index (χ4n) is 3.39. The van der Waals surface area contributed by atoms with E-state index in [1.165, 1.54) is 0 Å². The standard InChI is InChI=1S/C20H37N7O2.HI/c1-8-26(19(28)29-20(3,4)5)14-16-9-11-27(12-10-16)18(21-6)22-13-17-24-23-15(2)25(17)7;/h16H,8-14H2,1-7H3,(H,21,22);1H. The first-order chi connectivity index (χ1) is 13.6. The quantitative estimate of drug-likeness (QED) is 0.355. The fraction of sp³-hybridized carbons (Fsp3) is 0.800. The number of rotatable bonds is 5. The molecule has 1 saturated heterocycles. The molecule has 1 N–H and O–H groups in total. The number of nitrogens with one attached hydrogen (secondary N) is 1. The number of carbonyl (C=O) groups is 1. The topological polar surface area (TPSA) is 87.9 Å². The molecule has 0 aliphatic carbocycles. The lowest BCUT2D eigenvalue weighted by Crippen LogP contribution is -2.47. The maximum absolute atomic E-state index is 12.4. The molecule has 2 heterocycles. The zero-order valence-corrected chi connectivity index (χ0v) is 21.8. The average Bonchev–Trinajstić information content (AvgIpc) is 2.98. The van der Waals surface area contributed by atoms with Gasteiger partial charge in [-0.1, -0.05) is 0 Å². The lowest BCUT2D eigenvalue weighted by atomic mass is 9.96. The Kier molecular flexibility index (Phi) is 10.3. The van der Waals surface area contributed by atoms with Crippen LogP contribution in [0.2, 0.25) is 0 Å². The molecule has 10 heteroatoms. The van der Waals surface area contributed by atoms with E-state index in [1.807, 2.05) is 51.1 Å². The van der Waals surface area contributed by atoms with Crippen LogP contribution in [0, 0.1) is 12.8 Å². The number of guanidine groups is 1. The third kappa shape index (κ3) is 7.59. The molecule has 1 fully saturated rings. The highest BCUT2D eigenvalue weighted by atomic mass is 127. The van der Waals surface area contributed by atoms with Crippen molar-refractivity contribution >= 4 is 36.0 Å². The predicted molar refractivity (Wildman–Crippen MR) is 129 cm³/mol. The van der Waals surface area contributed by atoms with Gasteiger partial charge in [0.1, 0.15) is 11.4 Å². The van der Waals surface area contributed by atoms with Gasteiger partial charge in [0.05, 0.1) is 6.54 Å². The van der Waals surface area contributed by atoms with E-state index in [9.17, 15) is 4.79 Å². The van der Waals surface area contributed by atoms with Crippen molar-refractivity contribution in [2.75, 3.05) is 33.2 Å². The number of ether oxygens (including phenoxy) is 1. The molecular formula is C20H38IN7O2. The lowest BCUT2D eigenvalue weighted by Gasteiger charge is -2.36. The van der Waals surface area contributed by atoms with Crippen molar-refractivity contribution in [1.29, 1.82) is 0 Å². The van der Waals surface area contributed by atoms with Crippen molar-refractivity contribution in [2.24, 2.45) is 18.0 Å². The maximum Gasteiger partial charge on any atom is 0.410 e. The predicted octanol–water partition coefficient (Wildman–Crippen LogP) is 2.79. The van der Waals surface area contributed by atoms with Gasteiger partial charge in [0, 0.05) is 40.3 Å². The van der Waals surface area contributed by atoms with Gasteiger partial charge in [-0.15, -0.1) is 34.2 Å². The van der Waals surface area contributed by atoms with Crippen LogP contribution in [0.5, 0.6) is 0 Å². The zero-order valence-electron chi connectivity index (χ0n) is 19.4. The van der Waals surface area contributed by atoms with E-state index in [4.69, 9.17) is 4.74 Å². The second-order valence-corrected chi connectivity index (χ2v) is 8.57. The van der Waals surface area contributed by atoms with Crippen LogP contribution in [0.3, 0.4) is 0 Å². The van der Waals surface area contributed by atoms with Gasteiger partial charge >= 0.3 is 6.09 Å². The summed E-state index contributed by atoms with van der Waals surface area (Å²) in [5.41, 5.74) is -0.465. The summed E-state index contributed by atoms with van der Waals surface area (Å²) in [6.45, 7) is 13.5. The Morgan fingerprint density at radius 1 is 1.30 bits per heavy atom. The van der Waals surface area contributed by atoms with Gasteiger partial charge in [-0.2, -0.15) is 0 Å². The van der Waals surface area contributed by atoms with Gasteiger partial charge in [-0.05, 0) is 53.4 Å². The molecule has 0 saturated carbocycles. The number of halogens is 1. The van der Waals surface area contributed by atoms with Crippen LogP contribution >= 0.6 is 24.0 Å². The van der Waals surface area contributed by atoms with E-state index in [2.05, 4.69) is 25.4 Å². The van der Waals surface area contributed by atoms with Gasteiger partial charge < -0.3 is 24.4 Å². The SMILES string of the molecule is CCN(CC1CCN(C(=NC)NCc2nnc(C)n2C)CC1)C(=O)OC(C)(C)C.I. The first-order valence-electron chi connectivity index (χ1n) is 10.4. The summed E-state index contributed by atoms with van der Waals surface area (Å²) in [4.78, 5) is 20.9. The number of aryl methyl sites for hydroxylation is 1. The normalized spacial score (nSPS) is 15.6. The van der Waals surface area contributed by atoms with Crippen molar-refractivity contribution in [3.63, 3.8) is 0 Å². The highest BCUT2D eigenvalue weighted by Crippen LogP contribution is 2.20. The Morgan fingerprint density at radius 2 is 1.93 bits per heavy atom. The van der Waals surface area contributed by atoms with Gasteiger partial charge in [0.15, 0.2) is 11.8 Å². The van der Waals surface area contributed by atoms with Crippen molar-refractivity contribution in [1.82, 2.24) is 29.9 Å². The highest BCUT2D eigenvalue weighted by molar-refractivity contribution is 14.0. The summed E-state index contributed by atoms with van der Waals surface area (Å²) in [5, 5.41) is 11.7. The van der Waals surface area contributed by atoms with Gasteiger partial charge in [-0.3, -0.25) is 4.99 Å². The number of aliphatic imine (C=N–C) groups is 1. The summed E-state index contributed by atoms with van der Waals surface area (Å²) in [5.74, 6) is 3.12. The number of carbonyl (C=O) groups excluding carboxylic acids is 1. The summed E-state index contributed by atoms with van der Waals surface area (Å²) < 4.78 is 7.50. The van der Waals surface area contributed by atoms with E-state index in [0.717, 1.165) is 50.1 Å². The largest absolute Gasteiger partial charge is 0.444 e. The molecular weight excluding hydrogens is 497 g/mol. The number of hydrogen-bond acceptors (Lipinski definition) is 5. The van der Waals surface area contributed by atoms with E-state index >= 15 is 0 Å². The molecule has 2 rings (SSSR count). The first kappa shape index (κ1) is 26.4. The molecule has 30 heavy (non-hydrogen) atoms. The molecule has 0 atom stereocenters. The molecule has 1 aromatic heterocycles. The van der Waals surface area contributed by atoms with E-state index in [1.54, 1.807) is 7.05 Å². The van der Waals surface area contributed by atoms with Crippen molar-refractivity contribution < 1.29 is 9.53 Å². The first-order valence-corrected chi connectivity index (χ1v) is 10.4. The molecule has 0 spiro atoms. The van der Waals surface area contributed by atoms with Crippen LogP contribution in [0.15, 0.2) is 4.99 Å². The Labute approximate surface area is 197 Å². The van der Waals surface area contributed by atoms with Crippen molar-refractivity contribution in [3.05, 3.63) is 11.6 Å². The maximum atomic E-state index is 12.4. The summed E-state index contributed by atoms with van der Waals surface area (Å²) in [6, 6.07) is 0. The minimum absolute atomic E-state index is 0. The van der Waals surface area contributed by atoms with Gasteiger partial charge in [-0.25, -0.2) is 4.79 Å². The molecule has 1 amide bonds. The smallest absolute Gasteiger partial charge is 0.410 e. The Balaban J connectivity index is 0.00000450. The molecule has 1 aliphatic heterocycles. The average molecular weight is 535 g/mol. The number of piperidine rings is 1. The van der Waals surface area contributed by atoms with Crippen LogP contribution < -0.4 is 5.32 Å². The summed E-state index contributed by atoms with van der Waals surface area (Å²) in [7, 11) is 3.77. The molecule has 172 valence electrons. The number of amides is 1. The summed E-state index contributed by atoms with van der Waals surface area (Å²) in [6.07, 6.45) is 1.81. The van der Waals surface area contributed by atoms with Crippen molar-refractivity contribution in [3.8, 4) is 0 Å². The third-order valence-corrected chi connectivity index (χ3v) is 5.23. The van der Waals surface area contributed by atoms with Crippen molar-refractivity contribution in [2.45, 2.75) is 59.6 Å². The minimum atomic E-state index is -0.465. The Hall–Kier alpha value is -1.59. The fourth-order valence-corrected chi connectivity index (χ4v) is 3.39. The number of nitrogens with zero attached hydrogens (tertiary/aromatic N) is 6. The van der Waals surface area contributed by atoms with Crippen LogP contribution in [-0.2, 0) is 18.3 Å². The Morgan fingerprint density at radius 3 is 2.40 bits per heavy atom. The number of hydrogen-bond donors (Lipinski definition) is 1. The monoisotopic (exact) mass is 535 g/mol. The van der Waals surface area contributed by atoms with Crippen LogP contribution in [0.1, 0.15) is 52.2 Å². The molecule has 0 unspecified atom stereocenters. The van der Waals surface area contributed by atoms with Crippen LogP contribution in [0.4, 0.5) is 4.79 Å². The molecule has 0 radical (unpaired) electrons. The second-order valence-electron chi connectivity index (χ2n) is 8.57. The second kappa shape index (κ2) is 11.7. The third-order valence-electron chi connectivity index (χ3n) is 5.23.